The summed E-state index contributed by atoms with van der Waals surface area (Å²) < 4.78 is 2.73. The molecule has 0 fully saturated rings. The Morgan fingerprint density at radius 2 is 2.07 bits per heavy atom. The predicted octanol–water partition coefficient (Wildman–Crippen LogP) is 1.78. The van der Waals surface area contributed by atoms with Gasteiger partial charge in [-0.1, -0.05) is 12.8 Å². The molecule has 1 heterocycles. The molecule has 0 unspecified atom stereocenters. The van der Waals surface area contributed by atoms with Crippen molar-refractivity contribution in [1.29, 1.82) is 0 Å². The van der Waals surface area contributed by atoms with Crippen LogP contribution in [-0.4, -0.2) is 9.97 Å². The molecule has 14 heavy (non-hydrogen) atoms. The van der Waals surface area contributed by atoms with Gasteiger partial charge in [-0.15, -0.1) is 0 Å². The molecule has 72 valence electrons. The summed E-state index contributed by atoms with van der Waals surface area (Å²) in [4.78, 5) is 8.42. The Morgan fingerprint density at radius 3 is 2.79 bits per heavy atom. The second-order valence-corrected chi connectivity index (χ2v) is 3.22. The van der Waals surface area contributed by atoms with Gasteiger partial charge >= 0.3 is 0 Å². The lowest BCUT2D eigenvalue weighted by Crippen LogP contribution is -1.98. The number of thiol groups is 1. The van der Waals surface area contributed by atoms with Crippen LogP contribution in [0, 0.1) is 6.92 Å². The molecular formula is C9H10N4S. The van der Waals surface area contributed by atoms with Crippen molar-refractivity contribution in [3.05, 3.63) is 24.0 Å². The van der Waals surface area contributed by atoms with Crippen LogP contribution >= 0.6 is 12.8 Å². The highest BCUT2D eigenvalue weighted by atomic mass is 32.1. The quantitative estimate of drug-likeness (QED) is 0.491. The van der Waals surface area contributed by atoms with E-state index in [1.165, 1.54) is 0 Å². The lowest BCUT2D eigenvalue weighted by Gasteiger charge is -2.09. The molecule has 0 radical (unpaired) electrons. The number of aryl methyl sites for hydroxylation is 1. The third kappa shape index (κ3) is 1.26. The average Bonchev–Trinajstić information content (AvgIpc) is 2.23. The van der Waals surface area contributed by atoms with E-state index in [0.717, 1.165) is 22.3 Å². The lowest BCUT2D eigenvalue weighted by atomic mass is 10.1. The van der Waals surface area contributed by atoms with Gasteiger partial charge in [-0.3, -0.25) is 9.97 Å². The van der Waals surface area contributed by atoms with Gasteiger partial charge in [-0.2, -0.15) is 0 Å². The van der Waals surface area contributed by atoms with Gasteiger partial charge in [0.2, 0.25) is 0 Å². The predicted molar refractivity (Wildman–Crippen MR) is 61.3 cm³/mol. The van der Waals surface area contributed by atoms with Crippen LogP contribution in [0.15, 0.2) is 18.5 Å². The summed E-state index contributed by atoms with van der Waals surface area (Å²) >= 11 is 3.97. The van der Waals surface area contributed by atoms with Gasteiger partial charge in [-0.25, -0.2) is 0 Å². The zero-order valence-electron chi connectivity index (χ0n) is 7.65. The topological polar surface area (TPSA) is 63.8 Å². The maximum Gasteiger partial charge on any atom is 0.0937 e. The molecule has 0 aliphatic heterocycles. The zero-order valence-corrected chi connectivity index (χ0v) is 8.55. The normalized spacial score (nSPS) is 10.4. The van der Waals surface area contributed by atoms with Crippen LogP contribution < -0.4 is 10.5 Å². The Bertz CT molecular complexity index is 483. The first-order valence-corrected chi connectivity index (χ1v) is 4.58. The van der Waals surface area contributed by atoms with Crippen LogP contribution in [-0.2, 0) is 0 Å². The van der Waals surface area contributed by atoms with Gasteiger partial charge in [0.1, 0.15) is 0 Å². The smallest absolute Gasteiger partial charge is 0.0937 e. The minimum Gasteiger partial charge on any atom is -0.397 e. The first-order chi connectivity index (χ1) is 6.74. The third-order valence-electron chi connectivity index (χ3n) is 2.18. The Hall–Kier alpha value is -1.49. The number of hydrogen-bond acceptors (Lipinski definition) is 5. The minimum absolute atomic E-state index is 0.660. The number of anilines is 2. The van der Waals surface area contributed by atoms with Crippen molar-refractivity contribution in [2.45, 2.75) is 6.92 Å². The van der Waals surface area contributed by atoms with Crippen LogP contribution in [0.1, 0.15) is 5.56 Å². The number of nitrogens with zero attached hydrogens (tertiary/aromatic N) is 2. The molecule has 3 N–H and O–H groups in total. The third-order valence-corrected chi connectivity index (χ3v) is 2.42. The number of nitrogens with one attached hydrogen (secondary N) is 1. The molecule has 1 aromatic carbocycles. The van der Waals surface area contributed by atoms with E-state index in [4.69, 9.17) is 5.73 Å². The minimum atomic E-state index is 0.660. The SMILES string of the molecule is Cc1c(N)c(NS)cc2nccnc12. The number of benzene rings is 1. The number of nitrogens with two attached hydrogens (primary N) is 1. The molecule has 4 nitrogen and oxygen atoms in total. The van der Waals surface area contributed by atoms with E-state index in [9.17, 15) is 0 Å². The molecule has 2 rings (SSSR count). The number of hydrogen-bond donors (Lipinski definition) is 3. The molecule has 1 aromatic heterocycles. The van der Waals surface area contributed by atoms with E-state index in [2.05, 4.69) is 27.5 Å². The van der Waals surface area contributed by atoms with Crippen molar-refractivity contribution in [3.8, 4) is 0 Å². The van der Waals surface area contributed by atoms with Gasteiger partial charge in [0.25, 0.3) is 0 Å². The summed E-state index contributed by atoms with van der Waals surface area (Å²) in [5, 5.41) is 0. The second-order valence-electron chi connectivity index (χ2n) is 3.00. The second kappa shape index (κ2) is 3.34. The fourth-order valence-corrected chi connectivity index (χ4v) is 1.56. The fourth-order valence-electron chi connectivity index (χ4n) is 1.38. The molecule has 0 spiro atoms. The summed E-state index contributed by atoms with van der Waals surface area (Å²) in [5.41, 5.74) is 9.87. The first kappa shape index (κ1) is 9.08. The summed E-state index contributed by atoms with van der Waals surface area (Å²) in [5.74, 6) is 0. The van der Waals surface area contributed by atoms with Crippen LogP contribution in [0.25, 0.3) is 11.0 Å². The van der Waals surface area contributed by atoms with Crippen LogP contribution in [0.4, 0.5) is 11.4 Å². The summed E-state index contributed by atoms with van der Waals surface area (Å²) in [6.45, 7) is 1.92. The van der Waals surface area contributed by atoms with Crippen molar-refractivity contribution >= 4 is 35.2 Å². The molecule has 0 saturated carbocycles. The summed E-state index contributed by atoms with van der Waals surface area (Å²) in [6.07, 6.45) is 3.31. The Balaban J connectivity index is 2.85. The average molecular weight is 206 g/mol. The van der Waals surface area contributed by atoms with Crippen molar-refractivity contribution in [2.75, 3.05) is 10.5 Å². The van der Waals surface area contributed by atoms with Crippen molar-refractivity contribution in [3.63, 3.8) is 0 Å². The molecule has 0 aliphatic carbocycles. The van der Waals surface area contributed by atoms with E-state index in [1.54, 1.807) is 12.4 Å². The molecule has 0 saturated heterocycles. The Morgan fingerprint density at radius 1 is 1.36 bits per heavy atom. The van der Waals surface area contributed by atoms with Crippen molar-refractivity contribution in [2.24, 2.45) is 0 Å². The van der Waals surface area contributed by atoms with Gasteiger partial charge in [0, 0.05) is 18.0 Å². The van der Waals surface area contributed by atoms with E-state index in [0.29, 0.717) is 5.69 Å². The van der Waals surface area contributed by atoms with Crippen LogP contribution in [0.5, 0.6) is 0 Å². The first-order valence-electron chi connectivity index (χ1n) is 4.14. The highest BCUT2D eigenvalue weighted by Crippen LogP contribution is 2.28. The van der Waals surface area contributed by atoms with Crippen LogP contribution in [0.2, 0.25) is 0 Å². The number of aromatic nitrogens is 2. The Labute approximate surface area is 87.1 Å². The highest BCUT2D eigenvalue weighted by Gasteiger charge is 2.07. The van der Waals surface area contributed by atoms with Gasteiger partial charge in [0.15, 0.2) is 0 Å². The molecular weight excluding hydrogens is 196 g/mol. The van der Waals surface area contributed by atoms with E-state index < -0.39 is 0 Å². The van der Waals surface area contributed by atoms with Crippen LogP contribution in [0.3, 0.4) is 0 Å². The molecule has 5 heteroatoms. The number of nitrogen functional groups attached to an aromatic ring is 1. The molecule has 0 aliphatic rings. The maximum atomic E-state index is 5.88. The van der Waals surface area contributed by atoms with E-state index in [-0.39, 0.29) is 0 Å². The van der Waals surface area contributed by atoms with Gasteiger partial charge in [-0.05, 0) is 13.0 Å². The van der Waals surface area contributed by atoms with E-state index in [1.807, 2.05) is 13.0 Å². The highest BCUT2D eigenvalue weighted by molar-refractivity contribution is 7.81. The number of fused-ring (bicyclic) bond motifs is 1. The fraction of sp³-hybridized carbons (Fsp3) is 0.111. The Kier molecular flexibility index (Phi) is 2.17. The molecule has 0 bridgehead atoms. The van der Waals surface area contributed by atoms with Gasteiger partial charge < -0.3 is 10.5 Å². The lowest BCUT2D eigenvalue weighted by molar-refractivity contribution is 1.28. The van der Waals surface area contributed by atoms with Gasteiger partial charge in [0.05, 0.1) is 22.4 Å². The molecule has 2 aromatic rings. The largest absolute Gasteiger partial charge is 0.397 e. The molecule has 0 amide bonds. The van der Waals surface area contributed by atoms with Crippen molar-refractivity contribution in [1.82, 2.24) is 9.97 Å². The van der Waals surface area contributed by atoms with Crippen molar-refractivity contribution < 1.29 is 0 Å². The zero-order chi connectivity index (χ0) is 10.1. The maximum absolute atomic E-state index is 5.88. The van der Waals surface area contributed by atoms with E-state index >= 15 is 0 Å². The summed E-state index contributed by atoms with van der Waals surface area (Å²) in [7, 11) is 0. The standard InChI is InChI=1S/C9H10N4S/c1-5-8(10)6(13-14)4-7-9(5)12-3-2-11-7/h2-4,13-14H,10H2,1H3. The monoisotopic (exact) mass is 206 g/mol. The molecule has 0 atom stereocenters. The summed E-state index contributed by atoms with van der Waals surface area (Å²) in [6, 6.07) is 1.83. The number of rotatable bonds is 1.